The van der Waals surface area contributed by atoms with Crippen molar-refractivity contribution in [1.82, 2.24) is 0 Å². The molecule has 0 spiro atoms. The molecule has 0 bridgehead atoms. The molecule has 6 nitrogen and oxygen atoms in total. The van der Waals surface area contributed by atoms with Gasteiger partial charge in [-0.05, 0) is 23.8 Å². The second-order valence-electron chi connectivity index (χ2n) is 5.08. The number of aliphatic carboxylic acids is 1. The maximum atomic E-state index is 10.7. The van der Waals surface area contributed by atoms with Gasteiger partial charge in [0.1, 0.15) is 29.6 Å². The Labute approximate surface area is 146 Å². The Balaban J connectivity index is 2.21. The zero-order valence-corrected chi connectivity index (χ0v) is 14.3. The SMILES string of the molecule is COc1cc(OC)cc(OCc2cc(/C=C/C(=O)O)ccc2OC)c1. The zero-order valence-electron chi connectivity index (χ0n) is 14.3. The highest BCUT2D eigenvalue weighted by atomic mass is 16.5. The number of ether oxygens (including phenoxy) is 4. The number of hydrogen-bond donors (Lipinski definition) is 1. The van der Waals surface area contributed by atoms with Crippen LogP contribution in [0.4, 0.5) is 0 Å². The molecule has 132 valence electrons. The van der Waals surface area contributed by atoms with Crippen LogP contribution in [-0.4, -0.2) is 32.4 Å². The summed E-state index contributed by atoms with van der Waals surface area (Å²) in [6.45, 7) is 0.244. The van der Waals surface area contributed by atoms with Crippen LogP contribution in [0.1, 0.15) is 11.1 Å². The van der Waals surface area contributed by atoms with E-state index in [0.29, 0.717) is 23.0 Å². The molecule has 0 fully saturated rings. The fourth-order valence-corrected chi connectivity index (χ4v) is 2.21. The van der Waals surface area contributed by atoms with Crippen LogP contribution in [0.5, 0.6) is 23.0 Å². The lowest BCUT2D eigenvalue weighted by atomic mass is 10.1. The van der Waals surface area contributed by atoms with Crippen molar-refractivity contribution in [2.75, 3.05) is 21.3 Å². The lowest BCUT2D eigenvalue weighted by Crippen LogP contribution is -2.00. The van der Waals surface area contributed by atoms with Gasteiger partial charge in [0.2, 0.25) is 0 Å². The average molecular weight is 344 g/mol. The minimum absolute atomic E-state index is 0.244. The second kappa shape index (κ2) is 8.63. The first-order chi connectivity index (χ1) is 12.0. The zero-order chi connectivity index (χ0) is 18.2. The number of carboxylic acids is 1. The highest BCUT2D eigenvalue weighted by Crippen LogP contribution is 2.29. The van der Waals surface area contributed by atoms with Gasteiger partial charge in [-0.25, -0.2) is 4.79 Å². The molecule has 2 aromatic rings. The third kappa shape index (κ3) is 5.17. The predicted octanol–water partition coefficient (Wildman–Crippen LogP) is 3.39. The van der Waals surface area contributed by atoms with Crippen molar-refractivity contribution in [3.8, 4) is 23.0 Å². The number of rotatable bonds is 8. The van der Waals surface area contributed by atoms with Crippen LogP contribution < -0.4 is 18.9 Å². The quantitative estimate of drug-likeness (QED) is 0.740. The summed E-state index contributed by atoms with van der Waals surface area (Å²) < 4.78 is 21.6. The van der Waals surface area contributed by atoms with Crippen molar-refractivity contribution >= 4 is 12.0 Å². The molecule has 0 saturated carbocycles. The first-order valence-corrected chi connectivity index (χ1v) is 7.49. The average Bonchev–Trinajstić information content (AvgIpc) is 2.64. The summed E-state index contributed by atoms with van der Waals surface area (Å²) >= 11 is 0. The van der Waals surface area contributed by atoms with Gasteiger partial charge in [0.05, 0.1) is 21.3 Å². The van der Waals surface area contributed by atoms with E-state index in [1.807, 2.05) is 6.07 Å². The Morgan fingerprint density at radius 2 is 1.60 bits per heavy atom. The minimum atomic E-state index is -1.00. The van der Waals surface area contributed by atoms with E-state index >= 15 is 0 Å². The smallest absolute Gasteiger partial charge is 0.328 e. The van der Waals surface area contributed by atoms with E-state index in [9.17, 15) is 4.79 Å². The summed E-state index contributed by atoms with van der Waals surface area (Å²) in [5.41, 5.74) is 1.53. The van der Waals surface area contributed by atoms with Crippen molar-refractivity contribution in [3.63, 3.8) is 0 Å². The van der Waals surface area contributed by atoms with E-state index in [-0.39, 0.29) is 6.61 Å². The normalized spacial score (nSPS) is 10.5. The molecule has 0 radical (unpaired) electrons. The maximum absolute atomic E-state index is 10.7. The molecule has 0 heterocycles. The molecule has 0 aliphatic rings. The standard InChI is InChI=1S/C19H20O6/c1-22-15-9-16(23-2)11-17(10-15)25-12-14-8-13(5-7-19(20)21)4-6-18(14)24-3/h4-11H,12H2,1-3H3,(H,20,21)/b7-5+. The molecule has 0 aliphatic carbocycles. The van der Waals surface area contributed by atoms with Crippen molar-refractivity contribution < 1.29 is 28.8 Å². The minimum Gasteiger partial charge on any atom is -0.496 e. The topological polar surface area (TPSA) is 74.2 Å². The molecule has 0 saturated heterocycles. The Bertz CT molecular complexity index is 744. The van der Waals surface area contributed by atoms with Crippen molar-refractivity contribution in [3.05, 3.63) is 53.6 Å². The maximum Gasteiger partial charge on any atom is 0.328 e. The van der Waals surface area contributed by atoms with E-state index in [4.69, 9.17) is 24.1 Å². The Morgan fingerprint density at radius 1 is 0.960 bits per heavy atom. The molecule has 2 aromatic carbocycles. The molecule has 0 atom stereocenters. The van der Waals surface area contributed by atoms with Gasteiger partial charge in [-0.3, -0.25) is 0 Å². The van der Waals surface area contributed by atoms with E-state index in [2.05, 4.69) is 0 Å². The van der Waals surface area contributed by atoms with E-state index in [0.717, 1.165) is 17.2 Å². The lowest BCUT2D eigenvalue weighted by molar-refractivity contribution is -0.131. The number of carbonyl (C=O) groups is 1. The van der Waals surface area contributed by atoms with E-state index < -0.39 is 5.97 Å². The van der Waals surface area contributed by atoms with Gasteiger partial charge in [-0.15, -0.1) is 0 Å². The fraction of sp³-hybridized carbons (Fsp3) is 0.211. The van der Waals surface area contributed by atoms with Gasteiger partial charge in [-0.2, -0.15) is 0 Å². The van der Waals surface area contributed by atoms with Crippen molar-refractivity contribution in [2.45, 2.75) is 6.61 Å². The van der Waals surface area contributed by atoms with Gasteiger partial charge in [0.15, 0.2) is 0 Å². The summed E-state index contributed by atoms with van der Waals surface area (Å²) in [4.78, 5) is 10.7. The fourth-order valence-electron chi connectivity index (χ4n) is 2.21. The van der Waals surface area contributed by atoms with Crippen LogP contribution >= 0.6 is 0 Å². The van der Waals surface area contributed by atoms with Crippen LogP contribution in [0.15, 0.2) is 42.5 Å². The molecular weight excluding hydrogens is 324 g/mol. The van der Waals surface area contributed by atoms with Crippen molar-refractivity contribution in [2.24, 2.45) is 0 Å². The molecule has 25 heavy (non-hydrogen) atoms. The largest absolute Gasteiger partial charge is 0.496 e. The first kappa shape index (κ1) is 18.2. The molecular formula is C19H20O6. The monoisotopic (exact) mass is 344 g/mol. The van der Waals surface area contributed by atoms with Gasteiger partial charge >= 0.3 is 5.97 Å². The molecule has 2 rings (SSSR count). The molecule has 0 aliphatic heterocycles. The van der Waals surface area contributed by atoms with Gasteiger partial charge in [0.25, 0.3) is 0 Å². The summed E-state index contributed by atoms with van der Waals surface area (Å²) in [5.74, 6) is 1.49. The van der Waals surface area contributed by atoms with Crippen LogP contribution in [0.3, 0.4) is 0 Å². The molecule has 6 heteroatoms. The molecule has 0 amide bonds. The summed E-state index contributed by atoms with van der Waals surface area (Å²) in [6, 6.07) is 10.6. The third-order valence-corrected chi connectivity index (χ3v) is 3.44. The van der Waals surface area contributed by atoms with Crippen LogP contribution in [0.2, 0.25) is 0 Å². The Kier molecular flexibility index (Phi) is 6.28. The Morgan fingerprint density at radius 3 is 2.16 bits per heavy atom. The molecule has 0 unspecified atom stereocenters. The van der Waals surface area contributed by atoms with Gasteiger partial charge < -0.3 is 24.1 Å². The van der Waals surface area contributed by atoms with Crippen LogP contribution in [-0.2, 0) is 11.4 Å². The highest BCUT2D eigenvalue weighted by Gasteiger charge is 2.07. The van der Waals surface area contributed by atoms with Crippen molar-refractivity contribution in [1.29, 1.82) is 0 Å². The van der Waals surface area contributed by atoms with Gasteiger partial charge in [0, 0.05) is 29.8 Å². The predicted molar refractivity (Wildman–Crippen MR) is 93.5 cm³/mol. The van der Waals surface area contributed by atoms with Crippen LogP contribution in [0.25, 0.3) is 6.08 Å². The number of hydrogen-bond acceptors (Lipinski definition) is 5. The lowest BCUT2D eigenvalue weighted by Gasteiger charge is -2.13. The Hall–Kier alpha value is -3.15. The van der Waals surface area contributed by atoms with Crippen LogP contribution in [0, 0.1) is 0 Å². The van der Waals surface area contributed by atoms with E-state index in [1.165, 1.54) is 6.08 Å². The van der Waals surface area contributed by atoms with Gasteiger partial charge in [-0.1, -0.05) is 6.07 Å². The molecule has 0 aromatic heterocycles. The number of benzene rings is 2. The van der Waals surface area contributed by atoms with E-state index in [1.54, 1.807) is 51.7 Å². The molecule has 1 N–H and O–H groups in total. The summed E-state index contributed by atoms with van der Waals surface area (Å²) in [7, 11) is 4.71. The number of methoxy groups -OCH3 is 3. The number of carboxylic acid groups (broad SMARTS) is 1. The summed E-state index contributed by atoms with van der Waals surface area (Å²) in [5, 5.41) is 8.74. The second-order valence-corrected chi connectivity index (χ2v) is 5.08. The summed E-state index contributed by atoms with van der Waals surface area (Å²) in [6.07, 6.45) is 2.60. The highest BCUT2D eigenvalue weighted by molar-refractivity contribution is 5.85. The first-order valence-electron chi connectivity index (χ1n) is 7.49. The third-order valence-electron chi connectivity index (χ3n) is 3.44.